The summed E-state index contributed by atoms with van der Waals surface area (Å²) >= 11 is 0. The summed E-state index contributed by atoms with van der Waals surface area (Å²) in [6.07, 6.45) is 0. The van der Waals surface area contributed by atoms with Gasteiger partial charge in [-0.1, -0.05) is 6.07 Å². The van der Waals surface area contributed by atoms with Crippen LogP contribution < -0.4 is 15.4 Å². The van der Waals surface area contributed by atoms with Crippen molar-refractivity contribution in [1.29, 1.82) is 0 Å². The molecule has 156 valence electrons. The van der Waals surface area contributed by atoms with E-state index in [0.717, 1.165) is 12.6 Å². The molecule has 0 aliphatic heterocycles. The predicted molar refractivity (Wildman–Crippen MR) is 115 cm³/mol. The number of aryl methyl sites for hydroxylation is 1. The van der Waals surface area contributed by atoms with Gasteiger partial charge in [0.15, 0.2) is 0 Å². The number of benzene rings is 2. The number of nitro benzene ring substituents is 1. The second-order valence-electron chi connectivity index (χ2n) is 6.28. The number of nitro groups is 1. The van der Waals surface area contributed by atoms with Crippen molar-refractivity contribution in [3.63, 3.8) is 0 Å². The number of aromatic nitrogens is 2. The van der Waals surface area contributed by atoms with Crippen molar-refractivity contribution in [3.05, 3.63) is 70.5 Å². The van der Waals surface area contributed by atoms with E-state index in [4.69, 9.17) is 0 Å². The highest BCUT2D eigenvalue weighted by molar-refractivity contribution is 7.92. The lowest BCUT2D eigenvalue weighted by molar-refractivity contribution is -0.385. The van der Waals surface area contributed by atoms with Crippen LogP contribution in [0.1, 0.15) is 12.7 Å². The van der Waals surface area contributed by atoms with Crippen molar-refractivity contribution in [2.75, 3.05) is 21.9 Å². The number of anilines is 4. The summed E-state index contributed by atoms with van der Waals surface area (Å²) in [5, 5.41) is 17.1. The Bertz CT molecular complexity index is 1170. The summed E-state index contributed by atoms with van der Waals surface area (Å²) in [4.78, 5) is 18.7. The molecular formula is C19H20N6O4S. The molecule has 3 rings (SSSR count). The molecular weight excluding hydrogens is 408 g/mol. The van der Waals surface area contributed by atoms with E-state index < -0.39 is 14.9 Å². The molecule has 11 heteroatoms. The zero-order chi connectivity index (χ0) is 21.7. The van der Waals surface area contributed by atoms with Gasteiger partial charge in [-0.25, -0.2) is 18.4 Å². The fourth-order valence-electron chi connectivity index (χ4n) is 2.65. The normalized spacial score (nSPS) is 11.0. The Kier molecular flexibility index (Phi) is 6.11. The molecule has 10 nitrogen and oxygen atoms in total. The molecule has 0 bridgehead atoms. The van der Waals surface area contributed by atoms with Gasteiger partial charge >= 0.3 is 0 Å². The highest BCUT2D eigenvalue weighted by atomic mass is 32.2. The van der Waals surface area contributed by atoms with E-state index in [0.29, 0.717) is 28.8 Å². The number of rotatable bonds is 8. The van der Waals surface area contributed by atoms with Gasteiger partial charge in [0.2, 0.25) is 0 Å². The Balaban J connectivity index is 1.74. The first-order valence-corrected chi connectivity index (χ1v) is 10.5. The fraction of sp³-hybridized carbons (Fsp3) is 0.158. The van der Waals surface area contributed by atoms with Crippen LogP contribution in [0.25, 0.3) is 0 Å². The summed E-state index contributed by atoms with van der Waals surface area (Å²) < 4.78 is 27.4. The smallest absolute Gasteiger partial charge is 0.270 e. The van der Waals surface area contributed by atoms with Crippen LogP contribution in [0.2, 0.25) is 0 Å². The molecule has 30 heavy (non-hydrogen) atoms. The third-order valence-electron chi connectivity index (χ3n) is 3.94. The van der Waals surface area contributed by atoms with E-state index >= 15 is 0 Å². The van der Waals surface area contributed by atoms with Crippen LogP contribution in [-0.4, -0.2) is 29.9 Å². The van der Waals surface area contributed by atoms with Crippen LogP contribution in [0.15, 0.2) is 59.5 Å². The van der Waals surface area contributed by atoms with Gasteiger partial charge in [0.1, 0.15) is 17.5 Å². The highest BCUT2D eigenvalue weighted by Gasteiger charge is 2.17. The minimum atomic E-state index is -3.96. The molecule has 0 saturated heterocycles. The summed E-state index contributed by atoms with van der Waals surface area (Å²) in [7, 11) is -3.96. The van der Waals surface area contributed by atoms with Crippen molar-refractivity contribution in [2.24, 2.45) is 0 Å². The Labute approximate surface area is 173 Å². The molecule has 1 heterocycles. The van der Waals surface area contributed by atoms with Gasteiger partial charge in [0, 0.05) is 36.1 Å². The Morgan fingerprint density at radius 3 is 2.33 bits per heavy atom. The van der Waals surface area contributed by atoms with Crippen molar-refractivity contribution >= 4 is 38.7 Å². The van der Waals surface area contributed by atoms with E-state index in [1.807, 2.05) is 6.92 Å². The minimum absolute atomic E-state index is 0.189. The molecule has 3 N–H and O–H groups in total. The number of hydrogen-bond donors (Lipinski definition) is 3. The molecule has 0 radical (unpaired) electrons. The highest BCUT2D eigenvalue weighted by Crippen LogP contribution is 2.23. The molecule has 0 aliphatic rings. The van der Waals surface area contributed by atoms with Gasteiger partial charge in [-0.05, 0) is 44.2 Å². The Hall–Kier alpha value is -3.73. The first-order valence-electron chi connectivity index (χ1n) is 9.01. The van der Waals surface area contributed by atoms with Crippen LogP contribution in [-0.2, 0) is 10.0 Å². The summed E-state index contributed by atoms with van der Waals surface area (Å²) in [6.45, 7) is 4.49. The first-order chi connectivity index (χ1) is 14.3. The average Bonchev–Trinajstić information content (AvgIpc) is 2.69. The lowest BCUT2D eigenvalue weighted by atomic mass is 10.3. The van der Waals surface area contributed by atoms with E-state index in [1.165, 1.54) is 18.2 Å². The maximum atomic E-state index is 12.5. The topological polar surface area (TPSA) is 139 Å². The number of non-ortho nitro benzene ring substituents is 1. The SMILES string of the molecule is CCNc1cc(Nc2ccc(NS(=O)(=O)c3cccc([N+](=O)[O-])c3)cc2)nc(C)n1. The Morgan fingerprint density at radius 1 is 1.00 bits per heavy atom. The maximum absolute atomic E-state index is 12.5. The molecule has 3 aromatic rings. The standard InChI is InChI=1S/C19H20N6O4S/c1-3-20-18-12-19(22-13(2)21-18)23-14-7-9-15(10-8-14)24-30(28,29)17-6-4-5-16(11-17)25(26)27/h4-12,24H,3H2,1-2H3,(H2,20,21,22,23). The fourth-order valence-corrected chi connectivity index (χ4v) is 3.75. The molecule has 0 spiro atoms. The van der Waals surface area contributed by atoms with Crippen LogP contribution in [0.4, 0.5) is 28.7 Å². The van der Waals surface area contributed by atoms with Crippen LogP contribution in [0, 0.1) is 17.0 Å². The molecule has 0 unspecified atom stereocenters. The number of sulfonamides is 1. The molecule has 0 amide bonds. The largest absolute Gasteiger partial charge is 0.370 e. The number of hydrogen-bond acceptors (Lipinski definition) is 8. The molecule has 0 atom stereocenters. The van der Waals surface area contributed by atoms with Gasteiger partial charge in [-0.15, -0.1) is 0 Å². The quantitative estimate of drug-likeness (QED) is 0.365. The van der Waals surface area contributed by atoms with Crippen molar-refractivity contribution in [1.82, 2.24) is 9.97 Å². The lowest BCUT2D eigenvalue weighted by Crippen LogP contribution is -2.13. The molecule has 2 aromatic carbocycles. The first kappa shape index (κ1) is 21.0. The summed E-state index contributed by atoms with van der Waals surface area (Å²) in [5.41, 5.74) is 0.725. The molecule has 0 saturated carbocycles. The van der Waals surface area contributed by atoms with Gasteiger partial charge in [-0.3, -0.25) is 14.8 Å². The maximum Gasteiger partial charge on any atom is 0.270 e. The minimum Gasteiger partial charge on any atom is -0.370 e. The number of nitrogens with zero attached hydrogens (tertiary/aromatic N) is 3. The van der Waals surface area contributed by atoms with Crippen molar-refractivity contribution in [2.45, 2.75) is 18.7 Å². The second-order valence-corrected chi connectivity index (χ2v) is 7.96. The van der Waals surface area contributed by atoms with E-state index in [2.05, 4.69) is 25.3 Å². The van der Waals surface area contributed by atoms with Crippen LogP contribution in [0.3, 0.4) is 0 Å². The van der Waals surface area contributed by atoms with Gasteiger partial charge in [-0.2, -0.15) is 0 Å². The molecule has 0 fully saturated rings. The van der Waals surface area contributed by atoms with E-state index in [-0.39, 0.29) is 10.6 Å². The lowest BCUT2D eigenvalue weighted by Gasteiger charge is -2.11. The second kappa shape index (κ2) is 8.74. The van der Waals surface area contributed by atoms with E-state index in [9.17, 15) is 18.5 Å². The van der Waals surface area contributed by atoms with Gasteiger partial charge in [0.25, 0.3) is 15.7 Å². The number of nitrogens with one attached hydrogen (secondary N) is 3. The Morgan fingerprint density at radius 2 is 1.67 bits per heavy atom. The van der Waals surface area contributed by atoms with Gasteiger partial charge in [0.05, 0.1) is 9.82 Å². The van der Waals surface area contributed by atoms with Crippen LogP contribution >= 0.6 is 0 Å². The molecule has 1 aromatic heterocycles. The van der Waals surface area contributed by atoms with Crippen molar-refractivity contribution in [3.8, 4) is 0 Å². The van der Waals surface area contributed by atoms with Gasteiger partial charge < -0.3 is 10.6 Å². The van der Waals surface area contributed by atoms with Crippen LogP contribution in [0.5, 0.6) is 0 Å². The van der Waals surface area contributed by atoms with Crippen molar-refractivity contribution < 1.29 is 13.3 Å². The summed E-state index contributed by atoms with van der Waals surface area (Å²) in [5.74, 6) is 1.91. The van der Waals surface area contributed by atoms with E-state index in [1.54, 1.807) is 37.3 Å². The predicted octanol–water partition coefficient (Wildman–Crippen LogP) is 3.67. The zero-order valence-electron chi connectivity index (χ0n) is 16.3. The summed E-state index contributed by atoms with van der Waals surface area (Å²) in [6, 6.07) is 13.2. The third kappa shape index (κ3) is 5.20. The monoisotopic (exact) mass is 428 g/mol. The molecule has 0 aliphatic carbocycles. The zero-order valence-corrected chi connectivity index (χ0v) is 17.1. The average molecular weight is 428 g/mol. The third-order valence-corrected chi connectivity index (χ3v) is 5.32.